The van der Waals surface area contributed by atoms with E-state index in [0.717, 1.165) is 24.1 Å². The van der Waals surface area contributed by atoms with Gasteiger partial charge >= 0.3 is 0 Å². The second kappa shape index (κ2) is 6.94. The van der Waals surface area contributed by atoms with Crippen molar-refractivity contribution in [1.29, 1.82) is 5.26 Å². The molecule has 0 spiro atoms. The zero-order chi connectivity index (χ0) is 18.0. The van der Waals surface area contributed by atoms with Gasteiger partial charge in [-0.15, -0.1) is 0 Å². The number of benzene rings is 1. The molecule has 1 aromatic heterocycles. The van der Waals surface area contributed by atoms with E-state index in [2.05, 4.69) is 22.4 Å². The summed E-state index contributed by atoms with van der Waals surface area (Å²) >= 11 is 0. The van der Waals surface area contributed by atoms with Crippen LogP contribution in [-0.2, 0) is 17.6 Å². The number of nitrogens with zero attached hydrogens (tertiary/aromatic N) is 1. The smallest absolute Gasteiger partial charge is 0.266 e. The predicted molar refractivity (Wildman–Crippen MR) is 95.2 cm³/mol. The minimum absolute atomic E-state index is 0.00906. The SMILES string of the molecule is Cc1[nH]c(=O)c(C#N)c(C)c1CCC(=O)N[C@H]1CCc2ccccc21. The maximum Gasteiger partial charge on any atom is 0.266 e. The maximum atomic E-state index is 12.4. The third-order valence-electron chi connectivity index (χ3n) is 4.99. The summed E-state index contributed by atoms with van der Waals surface area (Å²) in [7, 11) is 0. The Morgan fingerprint density at radius 2 is 2.12 bits per heavy atom. The van der Waals surface area contributed by atoms with Crippen LogP contribution in [0.3, 0.4) is 0 Å². The molecule has 0 unspecified atom stereocenters. The average Bonchev–Trinajstić information content (AvgIpc) is 2.98. The topological polar surface area (TPSA) is 85.8 Å². The number of aromatic nitrogens is 1. The molecule has 0 aliphatic heterocycles. The highest BCUT2D eigenvalue weighted by Crippen LogP contribution is 2.30. The van der Waals surface area contributed by atoms with Gasteiger partial charge < -0.3 is 10.3 Å². The Labute approximate surface area is 146 Å². The number of carbonyl (C=O) groups excluding carboxylic acids is 1. The fourth-order valence-corrected chi connectivity index (χ4v) is 3.63. The number of aryl methyl sites for hydroxylation is 2. The number of amides is 1. The zero-order valence-corrected chi connectivity index (χ0v) is 14.5. The number of pyridine rings is 1. The van der Waals surface area contributed by atoms with Crippen LogP contribution in [0.2, 0.25) is 0 Å². The molecule has 128 valence electrons. The molecule has 0 saturated carbocycles. The molecule has 5 heteroatoms. The minimum atomic E-state index is -0.367. The Kier molecular flexibility index (Phi) is 4.71. The fourth-order valence-electron chi connectivity index (χ4n) is 3.63. The van der Waals surface area contributed by atoms with Gasteiger partial charge in [0.15, 0.2) is 0 Å². The average molecular weight is 335 g/mol. The number of hydrogen-bond donors (Lipinski definition) is 2. The van der Waals surface area contributed by atoms with E-state index in [4.69, 9.17) is 5.26 Å². The van der Waals surface area contributed by atoms with Crippen LogP contribution in [0.1, 0.15) is 52.4 Å². The fraction of sp³-hybridized carbons (Fsp3) is 0.350. The van der Waals surface area contributed by atoms with Crippen molar-refractivity contribution in [1.82, 2.24) is 10.3 Å². The van der Waals surface area contributed by atoms with E-state index in [9.17, 15) is 9.59 Å². The van der Waals surface area contributed by atoms with Gasteiger partial charge in [-0.05, 0) is 55.4 Å². The Balaban J connectivity index is 1.68. The highest BCUT2D eigenvalue weighted by atomic mass is 16.1. The molecule has 1 amide bonds. The summed E-state index contributed by atoms with van der Waals surface area (Å²) in [5, 5.41) is 12.2. The van der Waals surface area contributed by atoms with Gasteiger partial charge in [0, 0.05) is 12.1 Å². The van der Waals surface area contributed by atoms with Crippen LogP contribution >= 0.6 is 0 Å². The van der Waals surface area contributed by atoms with Crippen LogP contribution in [0.4, 0.5) is 0 Å². The number of hydrogen-bond acceptors (Lipinski definition) is 3. The van der Waals surface area contributed by atoms with E-state index in [-0.39, 0.29) is 23.1 Å². The Morgan fingerprint density at radius 1 is 1.36 bits per heavy atom. The molecular formula is C20H21N3O2. The molecule has 1 aliphatic carbocycles. The maximum absolute atomic E-state index is 12.4. The van der Waals surface area contributed by atoms with Gasteiger partial charge in [0.25, 0.3) is 5.56 Å². The first-order chi connectivity index (χ1) is 12.0. The lowest BCUT2D eigenvalue weighted by atomic mass is 9.99. The summed E-state index contributed by atoms with van der Waals surface area (Å²) in [6.45, 7) is 3.57. The van der Waals surface area contributed by atoms with Crippen LogP contribution in [0.5, 0.6) is 0 Å². The van der Waals surface area contributed by atoms with Gasteiger partial charge in [-0.1, -0.05) is 24.3 Å². The first kappa shape index (κ1) is 17.0. The molecule has 0 fully saturated rings. The zero-order valence-electron chi connectivity index (χ0n) is 14.5. The van der Waals surface area contributed by atoms with Crippen LogP contribution < -0.4 is 10.9 Å². The summed E-state index contributed by atoms with van der Waals surface area (Å²) in [5.74, 6) is -0.00906. The molecule has 0 radical (unpaired) electrons. The normalized spacial score (nSPS) is 15.5. The Hall–Kier alpha value is -2.87. The van der Waals surface area contributed by atoms with Crippen molar-refractivity contribution in [3.8, 4) is 6.07 Å². The lowest BCUT2D eigenvalue weighted by Gasteiger charge is -2.15. The Bertz CT molecular complexity index is 922. The molecule has 2 aromatic rings. The summed E-state index contributed by atoms with van der Waals surface area (Å²) in [6, 6.07) is 10.2. The third-order valence-corrected chi connectivity index (χ3v) is 4.99. The minimum Gasteiger partial charge on any atom is -0.349 e. The van der Waals surface area contributed by atoms with E-state index in [0.29, 0.717) is 18.4 Å². The third kappa shape index (κ3) is 3.34. The van der Waals surface area contributed by atoms with Crippen LogP contribution in [0.25, 0.3) is 0 Å². The van der Waals surface area contributed by atoms with Crippen LogP contribution in [0, 0.1) is 25.2 Å². The highest BCUT2D eigenvalue weighted by Gasteiger charge is 2.23. The van der Waals surface area contributed by atoms with E-state index >= 15 is 0 Å². The van der Waals surface area contributed by atoms with E-state index in [1.165, 1.54) is 11.1 Å². The largest absolute Gasteiger partial charge is 0.349 e. The molecule has 1 heterocycles. The summed E-state index contributed by atoms with van der Waals surface area (Å²) in [4.78, 5) is 26.8. The number of fused-ring (bicyclic) bond motifs is 1. The number of H-pyrrole nitrogens is 1. The van der Waals surface area contributed by atoms with Crippen LogP contribution in [0.15, 0.2) is 29.1 Å². The van der Waals surface area contributed by atoms with Crippen LogP contribution in [-0.4, -0.2) is 10.9 Å². The number of nitrogens with one attached hydrogen (secondary N) is 2. The molecule has 5 nitrogen and oxygen atoms in total. The number of rotatable bonds is 4. The van der Waals surface area contributed by atoms with Crippen molar-refractivity contribution >= 4 is 5.91 Å². The lowest BCUT2D eigenvalue weighted by molar-refractivity contribution is -0.121. The number of aromatic amines is 1. The molecule has 25 heavy (non-hydrogen) atoms. The monoisotopic (exact) mass is 335 g/mol. The molecule has 0 saturated heterocycles. The molecular weight excluding hydrogens is 314 g/mol. The van der Waals surface area contributed by atoms with Crippen molar-refractivity contribution in [2.24, 2.45) is 0 Å². The van der Waals surface area contributed by atoms with Gasteiger partial charge in [-0.3, -0.25) is 9.59 Å². The van der Waals surface area contributed by atoms with Gasteiger partial charge in [-0.25, -0.2) is 0 Å². The molecule has 1 aromatic carbocycles. The second-order valence-corrected chi connectivity index (χ2v) is 6.53. The first-order valence-electron chi connectivity index (χ1n) is 8.51. The van der Waals surface area contributed by atoms with Gasteiger partial charge in [0.05, 0.1) is 6.04 Å². The second-order valence-electron chi connectivity index (χ2n) is 6.53. The van der Waals surface area contributed by atoms with Crippen molar-refractivity contribution in [2.75, 3.05) is 0 Å². The van der Waals surface area contributed by atoms with Crippen molar-refractivity contribution in [3.05, 3.63) is 68.1 Å². The summed E-state index contributed by atoms with van der Waals surface area (Å²) in [6.07, 6.45) is 2.76. The van der Waals surface area contributed by atoms with E-state index < -0.39 is 0 Å². The highest BCUT2D eigenvalue weighted by molar-refractivity contribution is 5.77. The number of nitriles is 1. The van der Waals surface area contributed by atoms with Crippen molar-refractivity contribution in [3.63, 3.8) is 0 Å². The van der Waals surface area contributed by atoms with Gasteiger partial charge in [-0.2, -0.15) is 5.26 Å². The van der Waals surface area contributed by atoms with Crippen molar-refractivity contribution in [2.45, 2.75) is 45.6 Å². The molecule has 3 rings (SSSR count). The molecule has 1 aliphatic rings. The molecule has 1 atom stereocenters. The summed E-state index contributed by atoms with van der Waals surface area (Å²) in [5.41, 5.74) is 4.54. The van der Waals surface area contributed by atoms with E-state index in [1.807, 2.05) is 18.2 Å². The lowest BCUT2D eigenvalue weighted by Crippen LogP contribution is -2.27. The quantitative estimate of drug-likeness (QED) is 0.900. The first-order valence-corrected chi connectivity index (χ1v) is 8.51. The number of carbonyl (C=O) groups is 1. The predicted octanol–water partition coefficient (Wildman–Crippen LogP) is 2.60. The Morgan fingerprint density at radius 3 is 2.88 bits per heavy atom. The standard InChI is InChI=1S/C20H21N3O2/c1-12-15(13(2)22-20(25)17(12)11-21)8-10-19(24)23-18-9-7-14-5-3-4-6-16(14)18/h3-6,18H,7-10H2,1-2H3,(H,22,25)(H,23,24)/t18-/m0/s1. The van der Waals surface area contributed by atoms with Crippen molar-refractivity contribution < 1.29 is 4.79 Å². The molecule has 0 bridgehead atoms. The van der Waals surface area contributed by atoms with Gasteiger partial charge in [0.1, 0.15) is 11.6 Å². The molecule has 2 N–H and O–H groups in total. The summed E-state index contributed by atoms with van der Waals surface area (Å²) < 4.78 is 0. The van der Waals surface area contributed by atoms with Gasteiger partial charge in [0.2, 0.25) is 5.91 Å². The van der Waals surface area contributed by atoms with E-state index in [1.54, 1.807) is 13.8 Å².